The summed E-state index contributed by atoms with van der Waals surface area (Å²) in [5.74, 6) is 0.196. The standard InChI is InChI=1S/C13H19FO/c1-9(2)11-5-6-12(13(14)7-11)8-15-10(3)4/h5-7,9-10H,8H2,1-4H3. The van der Waals surface area contributed by atoms with E-state index in [1.807, 2.05) is 26.0 Å². The first-order chi connectivity index (χ1) is 7.00. The van der Waals surface area contributed by atoms with Gasteiger partial charge in [-0.15, -0.1) is 0 Å². The molecule has 0 aliphatic rings. The van der Waals surface area contributed by atoms with E-state index in [4.69, 9.17) is 4.74 Å². The zero-order valence-electron chi connectivity index (χ0n) is 9.88. The SMILES string of the molecule is CC(C)OCc1ccc(C(C)C)cc1F. The Morgan fingerprint density at radius 3 is 2.33 bits per heavy atom. The first-order valence-corrected chi connectivity index (χ1v) is 5.40. The first kappa shape index (κ1) is 12.2. The smallest absolute Gasteiger partial charge is 0.129 e. The Hall–Kier alpha value is -0.890. The van der Waals surface area contributed by atoms with Gasteiger partial charge in [-0.25, -0.2) is 4.39 Å². The van der Waals surface area contributed by atoms with Crippen LogP contribution < -0.4 is 0 Å². The van der Waals surface area contributed by atoms with Gasteiger partial charge in [0.1, 0.15) is 5.82 Å². The molecule has 0 amide bonds. The molecular formula is C13H19FO. The highest BCUT2D eigenvalue weighted by molar-refractivity contribution is 5.25. The van der Waals surface area contributed by atoms with Crippen molar-refractivity contribution >= 4 is 0 Å². The second-order valence-electron chi connectivity index (χ2n) is 4.37. The fourth-order valence-corrected chi connectivity index (χ4v) is 1.30. The zero-order chi connectivity index (χ0) is 11.4. The predicted molar refractivity (Wildman–Crippen MR) is 60.4 cm³/mol. The van der Waals surface area contributed by atoms with Gasteiger partial charge in [-0.3, -0.25) is 0 Å². The van der Waals surface area contributed by atoms with E-state index in [0.717, 1.165) is 5.56 Å². The van der Waals surface area contributed by atoms with Crippen LogP contribution in [-0.2, 0) is 11.3 Å². The van der Waals surface area contributed by atoms with Crippen molar-refractivity contribution < 1.29 is 9.13 Å². The molecule has 0 heterocycles. The monoisotopic (exact) mass is 210 g/mol. The average molecular weight is 210 g/mol. The molecule has 0 aliphatic heterocycles. The molecule has 1 rings (SSSR count). The van der Waals surface area contributed by atoms with Gasteiger partial charge in [0, 0.05) is 5.56 Å². The molecule has 0 atom stereocenters. The number of hydrogen-bond donors (Lipinski definition) is 0. The van der Waals surface area contributed by atoms with Crippen molar-refractivity contribution in [1.29, 1.82) is 0 Å². The molecule has 0 unspecified atom stereocenters. The van der Waals surface area contributed by atoms with Crippen molar-refractivity contribution in [2.75, 3.05) is 0 Å². The summed E-state index contributed by atoms with van der Waals surface area (Å²) in [5, 5.41) is 0. The maximum Gasteiger partial charge on any atom is 0.129 e. The lowest BCUT2D eigenvalue weighted by Gasteiger charge is -2.10. The summed E-state index contributed by atoms with van der Waals surface area (Å²) in [6.07, 6.45) is 0.133. The van der Waals surface area contributed by atoms with Gasteiger partial charge in [0.2, 0.25) is 0 Å². The summed E-state index contributed by atoms with van der Waals surface area (Å²) >= 11 is 0. The van der Waals surface area contributed by atoms with Crippen LogP contribution in [0.3, 0.4) is 0 Å². The van der Waals surface area contributed by atoms with Gasteiger partial charge in [-0.1, -0.05) is 26.0 Å². The quantitative estimate of drug-likeness (QED) is 0.733. The summed E-state index contributed by atoms with van der Waals surface area (Å²) in [7, 11) is 0. The molecule has 1 aromatic carbocycles. The van der Waals surface area contributed by atoms with Crippen molar-refractivity contribution in [2.45, 2.75) is 46.3 Å². The lowest BCUT2D eigenvalue weighted by molar-refractivity contribution is 0.0639. The van der Waals surface area contributed by atoms with Crippen LogP contribution in [0.4, 0.5) is 4.39 Å². The minimum atomic E-state index is -0.165. The van der Waals surface area contributed by atoms with Gasteiger partial charge in [0.05, 0.1) is 12.7 Å². The van der Waals surface area contributed by atoms with Gasteiger partial charge < -0.3 is 4.74 Å². The van der Waals surface area contributed by atoms with Gasteiger partial charge in [0.15, 0.2) is 0 Å². The highest BCUT2D eigenvalue weighted by Crippen LogP contribution is 2.18. The van der Waals surface area contributed by atoms with E-state index in [0.29, 0.717) is 18.1 Å². The molecule has 1 nitrogen and oxygen atoms in total. The molecule has 0 bridgehead atoms. The molecule has 1 aromatic rings. The number of halogens is 1. The van der Waals surface area contributed by atoms with E-state index in [9.17, 15) is 4.39 Å². The van der Waals surface area contributed by atoms with Gasteiger partial charge in [-0.2, -0.15) is 0 Å². The molecule has 0 aromatic heterocycles. The van der Waals surface area contributed by atoms with Crippen molar-refractivity contribution in [1.82, 2.24) is 0 Å². The number of hydrogen-bond acceptors (Lipinski definition) is 1. The Labute approximate surface area is 91.3 Å². The normalized spacial score (nSPS) is 11.4. The van der Waals surface area contributed by atoms with Crippen molar-refractivity contribution in [3.05, 3.63) is 35.1 Å². The molecular weight excluding hydrogens is 191 g/mol. The van der Waals surface area contributed by atoms with Crippen LogP contribution in [-0.4, -0.2) is 6.10 Å². The van der Waals surface area contributed by atoms with E-state index in [-0.39, 0.29) is 11.9 Å². The maximum absolute atomic E-state index is 13.6. The fraction of sp³-hybridized carbons (Fsp3) is 0.538. The molecule has 0 N–H and O–H groups in total. The summed E-state index contributed by atoms with van der Waals surface area (Å²) in [6.45, 7) is 8.35. The number of benzene rings is 1. The van der Waals surface area contributed by atoms with Crippen molar-refractivity contribution in [2.24, 2.45) is 0 Å². The molecule has 2 heteroatoms. The van der Waals surface area contributed by atoms with E-state index >= 15 is 0 Å². The van der Waals surface area contributed by atoms with Crippen LogP contribution >= 0.6 is 0 Å². The third kappa shape index (κ3) is 3.63. The van der Waals surface area contributed by atoms with Crippen LogP contribution in [0.2, 0.25) is 0 Å². The predicted octanol–water partition coefficient (Wildman–Crippen LogP) is 3.87. The third-order valence-electron chi connectivity index (χ3n) is 2.32. The molecule has 0 fully saturated rings. The largest absolute Gasteiger partial charge is 0.374 e. The van der Waals surface area contributed by atoms with Crippen LogP contribution in [0.5, 0.6) is 0 Å². The minimum absolute atomic E-state index is 0.133. The lowest BCUT2D eigenvalue weighted by atomic mass is 10.0. The highest BCUT2D eigenvalue weighted by atomic mass is 19.1. The summed E-state index contributed by atoms with van der Waals surface area (Å²) in [5.41, 5.74) is 1.66. The maximum atomic E-state index is 13.6. The van der Waals surface area contributed by atoms with Gasteiger partial charge in [-0.05, 0) is 31.4 Å². The highest BCUT2D eigenvalue weighted by Gasteiger charge is 2.06. The summed E-state index contributed by atoms with van der Waals surface area (Å²) in [6, 6.07) is 5.38. The van der Waals surface area contributed by atoms with Crippen LogP contribution in [0.15, 0.2) is 18.2 Å². The zero-order valence-corrected chi connectivity index (χ0v) is 9.88. The van der Waals surface area contributed by atoms with Crippen LogP contribution in [0.1, 0.15) is 44.7 Å². The van der Waals surface area contributed by atoms with E-state index in [2.05, 4.69) is 13.8 Å². The molecule has 0 saturated heterocycles. The Kier molecular flexibility index (Phi) is 4.28. The lowest BCUT2D eigenvalue weighted by Crippen LogP contribution is -2.04. The van der Waals surface area contributed by atoms with E-state index in [1.54, 1.807) is 6.07 Å². The van der Waals surface area contributed by atoms with Gasteiger partial charge >= 0.3 is 0 Å². The van der Waals surface area contributed by atoms with E-state index < -0.39 is 0 Å². The Morgan fingerprint density at radius 1 is 1.20 bits per heavy atom. The molecule has 84 valence electrons. The second kappa shape index (κ2) is 5.26. The average Bonchev–Trinajstić information content (AvgIpc) is 2.15. The molecule has 0 spiro atoms. The van der Waals surface area contributed by atoms with Crippen molar-refractivity contribution in [3.63, 3.8) is 0 Å². The topological polar surface area (TPSA) is 9.23 Å². The van der Waals surface area contributed by atoms with E-state index in [1.165, 1.54) is 0 Å². The molecule has 0 radical (unpaired) electrons. The molecule has 0 aliphatic carbocycles. The van der Waals surface area contributed by atoms with Crippen molar-refractivity contribution in [3.8, 4) is 0 Å². The molecule has 0 saturated carbocycles. The van der Waals surface area contributed by atoms with Crippen LogP contribution in [0, 0.1) is 5.82 Å². The number of ether oxygens (including phenoxy) is 1. The summed E-state index contributed by atoms with van der Waals surface area (Å²) in [4.78, 5) is 0. The minimum Gasteiger partial charge on any atom is -0.374 e. The Morgan fingerprint density at radius 2 is 1.87 bits per heavy atom. The van der Waals surface area contributed by atoms with Crippen LogP contribution in [0.25, 0.3) is 0 Å². The Balaban J connectivity index is 2.75. The summed E-state index contributed by atoms with van der Waals surface area (Å²) < 4.78 is 18.9. The Bertz CT molecular complexity index is 318. The third-order valence-corrected chi connectivity index (χ3v) is 2.32. The first-order valence-electron chi connectivity index (χ1n) is 5.40. The second-order valence-corrected chi connectivity index (χ2v) is 4.37. The fourth-order valence-electron chi connectivity index (χ4n) is 1.30. The van der Waals surface area contributed by atoms with Gasteiger partial charge in [0.25, 0.3) is 0 Å². The number of rotatable bonds is 4. The molecule has 15 heavy (non-hydrogen) atoms.